The fraction of sp³-hybridized carbons (Fsp3) is 0.368. The smallest absolute Gasteiger partial charge is 0.387 e. The van der Waals surface area contributed by atoms with E-state index in [1.807, 2.05) is 0 Å². The number of aliphatic hydroxyl groups is 1. The summed E-state index contributed by atoms with van der Waals surface area (Å²) in [5, 5.41) is 11.1. The Morgan fingerprint density at radius 2 is 1.85 bits per heavy atom. The van der Waals surface area contributed by atoms with Crippen molar-refractivity contribution in [3.8, 4) is 5.75 Å². The first-order valence-corrected chi connectivity index (χ1v) is 10.2. The molecule has 1 N–H and O–H groups in total. The number of hydrogen-bond acceptors (Lipinski definition) is 4. The third-order valence-corrected chi connectivity index (χ3v) is 7.71. The van der Waals surface area contributed by atoms with E-state index in [2.05, 4.69) is 4.74 Å². The van der Waals surface area contributed by atoms with Crippen molar-refractivity contribution >= 4 is 23.5 Å². The molecule has 0 radical (unpaired) electrons. The molecule has 2 aromatic carbocycles. The van der Waals surface area contributed by atoms with Gasteiger partial charge in [0.2, 0.25) is 0 Å². The zero-order valence-electron chi connectivity index (χ0n) is 14.1. The van der Waals surface area contributed by atoms with Gasteiger partial charge >= 0.3 is 6.61 Å². The zero-order valence-corrected chi connectivity index (χ0v) is 15.8. The summed E-state index contributed by atoms with van der Waals surface area (Å²) in [5.74, 6) is 1.42. The van der Waals surface area contributed by atoms with Gasteiger partial charge in [0.1, 0.15) is 21.7 Å². The van der Waals surface area contributed by atoms with Gasteiger partial charge in [-0.3, -0.25) is 0 Å². The average Bonchev–Trinajstić information content (AvgIpc) is 2.63. The Morgan fingerprint density at radius 3 is 2.46 bits per heavy atom. The van der Waals surface area contributed by atoms with E-state index in [1.165, 1.54) is 18.2 Å². The highest BCUT2D eigenvalue weighted by Gasteiger charge is 2.43. The fourth-order valence-corrected chi connectivity index (χ4v) is 6.40. The van der Waals surface area contributed by atoms with E-state index < -0.39 is 22.6 Å². The lowest BCUT2D eigenvalue weighted by Gasteiger charge is -2.40. The van der Waals surface area contributed by atoms with Crippen molar-refractivity contribution < 1.29 is 23.0 Å². The number of halogens is 3. The molecule has 26 heavy (non-hydrogen) atoms. The minimum atomic E-state index is -2.88. The number of ether oxygens (including phenoxy) is 1. The molecule has 3 rings (SSSR count). The number of alkyl halides is 2. The molecule has 0 bridgehead atoms. The Labute approximate surface area is 159 Å². The Balaban J connectivity index is 2.01. The van der Waals surface area contributed by atoms with Crippen LogP contribution in [0.25, 0.3) is 0 Å². The zero-order chi connectivity index (χ0) is 18.7. The summed E-state index contributed by atoms with van der Waals surface area (Å²) >= 11 is 3.21. The van der Waals surface area contributed by atoms with Crippen LogP contribution in [0.3, 0.4) is 0 Å². The van der Waals surface area contributed by atoms with Crippen LogP contribution >= 0.6 is 23.5 Å². The topological polar surface area (TPSA) is 29.5 Å². The molecule has 2 nitrogen and oxygen atoms in total. The molecule has 0 aliphatic carbocycles. The van der Waals surface area contributed by atoms with Crippen LogP contribution in [0.5, 0.6) is 5.75 Å². The summed E-state index contributed by atoms with van der Waals surface area (Å²) < 4.78 is 42.5. The highest BCUT2D eigenvalue weighted by molar-refractivity contribution is 8.18. The van der Waals surface area contributed by atoms with Gasteiger partial charge in [0.25, 0.3) is 0 Å². The second-order valence-electron chi connectivity index (χ2n) is 6.03. The monoisotopic (exact) mass is 400 g/mol. The molecule has 1 aliphatic rings. The second-order valence-corrected chi connectivity index (χ2v) is 8.97. The van der Waals surface area contributed by atoms with Gasteiger partial charge < -0.3 is 9.84 Å². The highest BCUT2D eigenvalue weighted by atomic mass is 32.2. The predicted molar refractivity (Wildman–Crippen MR) is 100 cm³/mol. The van der Waals surface area contributed by atoms with Gasteiger partial charge in [-0.1, -0.05) is 24.3 Å². The second kappa shape index (κ2) is 8.15. The molecule has 2 aromatic rings. The summed E-state index contributed by atoms with van der Waals surface area (Å²) in [6.45, 7) is -1.19. The average molecular weight is 400 g/mol. The lowest BCUT2D eigenvalue weighted by Crippen LogP contribution is -2.30. The lowest BCUT2D eigenvalue weighted by atomic mass is 9.98. The molecule has 140 valence electrons. The van der Waals surface area contributed by atoms with Gasteiger partial charge in [0.15, 0.2) is 0 Å². The Hall–Kier alpha value is -1.31. The van der Waals surface area contributed by atoms with Crippen LogP contribution in [0.4, 0.5) is 13.2 Å². The summed E-state index contributed by atoms with van der Waals surface area (Å²) in [5.41, 5.74) is 1.88. The van der Waals surface area contributed by atoms with Crippen molar-refractivity contribution in [3.05, 3.63) is 65.0 Å². The van der Waals surface area contributed by atoms with E-state index in [-0.39, 0.29) is 5.75 Å². The number of rotatable bonds is 5. The van der Waals surface area contributed by atoms with Crippen molar-refractivity contribution in [3.63, 3.8) is 0 Å². The maximum atomic E-state index is 13.6. The van der Waals surface area contributed by atoms with Crippen molar-refractivity contribution in [2.24, 2.45) is 0 Å². The number of aryl methyl sites for hydroxylation is 1. The van der Waals surface area contributed by atoms with Crippen LogP contribution in [0.15, 0.2) is 42.5 Å². The minimum Gasteiger partial charge on any atom is -0.435 e. The maximum Gasteiger partial charge on any atom is 0.387 e. The summed E-state index contributed by atoms with van der Waals surface area (Å²) in [7, 11) is 0. The highest BCUT2D eigenvalue weighted by Crippen LogP contribution is 2.57. The lowest BCUT2D eigenvalue weighted by molar-refractivity contribution is -0.0503. The van der Waals surface area contributed by atoms with Crippen molar-refractivity contribution in [1.82, 2.24) is 0 Å². The first-order chi connectivity index (χ1) is 12.4. The molecule has 1 saturated heterocycles. The molecule has 1 heterocycles. The fourth-order valence-electron chi connectivity index (χ4n) is 3.02. The van der Waals surface area contributed by atoms with Crippen LogP contribution in [-0.2, 0) is 4.08 Å². The van der Waals surface area contributed by atoms with Gasteiger partial charge in [0.05, 0.1) is 0 Å². The SMILES string of the molecule is Cc1cc(C2(C(O)c3cccc(F)c3)SCCCS2)ccc1OC(F)F. The predicted octanol–water partition coefficient (Wildman–Crippen LogP) is 5.49. The maximum absolute atomic E-state index is 13.6. The molecule has 0 spiro atoms. The molecule has 1 aliphatic heterocycles. The first-order valence-electron chi connectivity index (χ1n) is 8.20. The number of hydrogen-bond donors (Lipinski definition) is 1. The third kappa shape index (κ3) is 4.00. The molecular weight excluding hydrogens is 381 g/mol. The molecule has 0 aromatic heterocycles. The third-order valence-electron chi connectivity index (χ3n) is 4.24. The van der Waals surface area contributed by atoms with Gasteiger partial charge in [-0.15, -0.1) is 23.5 Å². The summed E-state index contributed by atoms with van der Waals surface area (Å²) in [4.78, 5) is 0. The van der Waals surface area contributed by atoms with Crippen molar-refractivity contribution in [2.45, 2.75) is 30.1 Å². The van der Waals surface area contributed by atoms with Crippen LogP contribution < -0.4 is 4.74 Å². The van der Waals surface area contributed by atoms with Crippen molar-refractivity contribution in [1.29, 1.82) is 0 Å². The normalized spacial score (nSPS) is 17.9. The van der Waals surface area contributed by atoms with E-state index in [4.69, 9.17) is 0 Å². The van der Waals surface area contributed by atoms with Crippen LogP contribution in [0.2, 0.25) is 0 Å². The molecule has 0 saturated carbocycles. The van der Waals surface area contributed by atoms with Gasteiger partial charge in [-0.25, -0.2) is 4.39 Å². The standard InChI is InChI=1S/C19H19F3O2S2/c1-12-10-14(6-7-16(12)24-18(21)22)19(25-8-3-9-26-19)17(23)13-4-2-5-15(20)11-13/h2,4-7,10-11,17-18,23H,3,8-9H2,1H3. The van der Waals surface area contributed by atoms with Gasteiger partial charge in [-0.2, -0.15) is 8.78 Å². The van der Waals surface area contributed by atoms with E-state index in [0.29, 0.717) is 11.1 Å². The van der Waals surface area contributed by atoms with Crippen molar-refractivity contribution in [2.75, 3.05) is 11.5 Å². The molecule has 1 atom stereocenters. The molecule has 0 amide bonds. The molecular formula is C19H19F3O2S2. The van der Waals surface area contributed by atoms with Gasteiger partial charge in [0, 0.05) is 0 Å². The van der Waals surface area contributed by atoms with E-state index in [0.717, 1.165) is 23.5 Å². The summed E-state index contributed by atoms with van der Waals surface area (Å²) in [6, 6.07) is 10.9. The van der Waals surface area contributed by atoms with Crippen LogP contribution in [0, 0.1) is 12.7 Å². The number of thioether (sulfide) groups is 2. The van der Waals surface area contributed by atoms with Crippen LogP contribution in [-0.4, -0.2) is 23.2 Å². The molecule has 1 unspecified atom stereocenters. The summed E-state index contributed by atoms with van der Waals surface area (Å²) in [6.07, 6.45) is 0.0770. The number of aliphatic hydroxyl groups excluding tert-OH is 1. The largest absolute Gasteiger partial charge is 0.435 e. The minimum absolute atomic E-state index is 0.116. The Bertz CT molecular complexity index is 764. The van der Waals surface area contributed by atoms with E-state index in [9.17, 15) is 18.3 Å². The van der Waals surface area contributed by atoms with Gasteiger partial charge in [-0.05, 0) is 59.7 Å². The van der Waals surface area contributed by atoms with E-state index >= 15 is 0 Å². The molecule has 7 heteroatoms. The first kappa shape index (κ1) is 19.5. The quantitative estimate of drug-likeness (QED) is 0.718. The Kier molecular flexibility index (Phi) is 6.10. The Morgan fingerprint density at radius 1 is 1.12 bits per heavy atom. The molecule has 1 fully saturated rings. The van der Waals surface area contributed by atoms with Crippen LogP contribution in [0.1, 0.15) is 29.2 Å². The number of benzene rings is 2. The van der Waals surface area contributed by atoms with E-state index in [1.54, 1.807) is 54.7 Å².